The van der Waals surface area contributed by atoms with Gasteiger partial charge in [-0.1, -0.05) is 18.2 Å². The maximum atomic E-state index is 13.9. The zero-order chi connectivity index (χ0) is 19.7. The Bertz CT molecular complexity index is 1050. The molecule has 0 spiro atoms. The molecule has 4 nitrogen and oxygen atoms in total. The summed E-state index contributed by atoms with van der Waals surface area (Å²) in [5.74, 6) is -4.24. The summed E-state index contributed by atoms with van der Waals surface area (Å²) in [6.07, 6.45) is 3.18. The van der Waals surface area contributed by atoms with Crippen molar-refractivity contribution in [2.24, 2.45) is 0 Å². The molecule has 0 atom stereocenters. The van der Waals surface area contributed by atoms with Crippen molar-refractivity contribution in [3.05, 3.63) is 83.3 Å². The van der Waals surface area contributed by atoms with E-state index in [1.807, 2.05) is 24.3 Å². The molecular weight excluding hydrogens is 367 g/mol. The Hall–Kier alpha value is -3.35. The summed E-state index contributed by atoms with van der Waals surface area (Å²) in [7, 11) is 0. The molecule has 0 fully saturated rings. The van der Waals surface area contributed by atoms with Gasteiger partial charge in [0.15, 0.2) is 17.5 Å². The van der Waals surface area contributed by atoms with E-state index in [0.717, 1.165) is 36.2 Å². The molecule has 3 aromatic rings. The standard InChI is InChI=1S/C21H16F3N3O/c22-15-7-8-16(20(24)19(15)23)26-18-12-14(9-10-25-18)21(28)27-11-3-5-13-4-1-2-6-17(13)27/h1-2,4,6-10,12H,3,5,11H2,(H,25,26). The normalized spacial score (nSPS) is 13.2. The Labute approximate surface area is 159 Å². The third-order valence-electron chi connectivity index (χ3n) is 4.66. The average Bonchev–Trinajstić information content (AvgIpc) is 2.73. The zero-order valence-corrected chi connectivity index (χ0v) is 14.8. The number of halogens is 3. The monoisotopic (exact) mass is 383 g/mol. The number of carbonyl (C=O) groups is 1. The van der Waals surface area contributed by atoms with Crippen LogP contribution in [0.15, 0.2) is 54.7 Å². The molecule has 7 heteroatoms. The summed E-state index contributed by atoms with van der Waals surface area (Å²) in [4.78, 5) is 18.8. The molecule has 1 amide bonds. The van der Waals surface area contributed by atoms with Gasteiger partial charge >= 0.3 is 0 Å². The number of fused-ring (bicyclic) bond motifs is 1. The van der Waals surface area contributed by atoms with Crippen LogP contribution in [0.1, 0.15) is 22.3 Å². The lowest BCUT2D eigenvalue weighted by atomic mass is 10.0. The van der Waals surface area contributed by atoms with Crippen LogP contribution in [0, 0.1) is 17.5 Å². The number of hydrogen-bond donors (Lipinski definition) is 1. The minimum absolute atomic E-state index is 0.154. The highest BCUT2D eigenvalue weighted by Gasteiger charge is 2.23. The Morgan fingerprint density at radius 2 is 1.86 bits per heavy atom. The molecule has 0 unspecified atom stereocenters. The number of benzene rings is 2. The molecule has 1 N–H and O–H groups in total. The SMILES string of the molecule is O=C(c1ccnc(Nc2ccc(F)c(F)c2F)c1)N1CCCc2ccccc21. The zero-order valence-electron chi connectivity index (χ0n) is 14.8. The summed E-state index contributed by atoms with van der Waals surface area (Å²) >= 11 is 0. The Balaban J connectivity index is 1.61. The van der Waals surface area contributed by atoms with Crippen LogP contribution in [-0.4, -0.2) is 17.4 Å². The molecule has 0 aliphatic carbocycles. The van der Waals surface area contributed by atoms with Gasteiger partial charge in [0.25, 0.3) is 5.91 Å². The highest BCUT2D eigenvalue weighted by atomic mass is 19.2. The van der Waals surface area contributed by atoms with Gasteiger partial charge in [0, 0.05) is 24.0 Å². The highest BCUT2D eigenvalue weighted by Crippen LogP contribution is 2.29. The van der Waals surface area contributed by atoms with Gasteiger partial charge in [-0.3, -0.25) is 4.79 Å². The van der Waals surface area contributed by atoms with Crippen LogP contribution in [-0.2, 0) is 6.42 Å². The van der Waals surface area contributed by atoms with Crippen LogP contribution in [0.5, 0.6) is 0 Å². The molecule has 0 bridgehead atoms. The molecule has 0 radical (unpaired) electrons. The van der Waals surface area contributed by atoms with Gasteiger partial charge in [0.05, 0.1) is 5.69 Å². The fourth-order valence-electron chi connectivity index (χ4n) is 3.29. The first-order chi connectivity index (χ1) is 13.5. The lowest BCUT2D eigenvalue weighted by molar-refractivity contribution is 0.0985. The smallest absolute Gasteiger partial charge is 0.258 e. The van der Waals surface area contributed by atoms with Crippen LogP contribution in [0.2, 0.25) is 0 Å². The van der Waals surface area contributed by atoms with Crippen molar-refractivity contribution in [3.63, 3.8) is 0 Å². The quantitative estimate of drug-likeness (QED) is 0.659. The number of nitrogens with zero attached hydrogens (tertiary/aromatic N) is 2. The van der Waals surface area contributed by atoms with E-state index in [2.05, 4.69) is 10.3 Å². The van der Waals surface area contributed by atoms with Crippen molar-refractivity contribution in [1.82, 2.24) is 4.98 Å². The maximum absolute atomic E-state index is 13.9. The minimum atomic E-state index is -1.57. The number of rotatable bonds is 3. The van der Waals surface area contributed by atoms with E-state index in [1.54, 1.807) is 11.0 Å². The predicted octanol–water partition coefficient (Wildman–Crippen LogP) is 4.84. The number of nitrogens with one attached hydrogen (secondary N) is 1. The van der Waals surface area contributed by atoms with Gasteiger partial charge in [0.2, 0.25) is 0 Å². The summed E-state index contributed by atoms with van der Waals surface area (Å²) in [5, 5.41) is 2.59. The van der Waals surface area contributed by atoms with Crippen molar-refractivity contribution >= 4 is 23.1 Å². The van der Waals surface area contributed by atoms with Gasteiger partial charge in [-0.05, 0) is 48.7 Å². The van der Waals surface area contributed by atoms with Crippen LogP contribution in [0.4, 0.5) is 30.4 Å². The van der Waals surface area contributed by atoms with Crippen molar-refractivity contribution in [2.45, 2.75) is 12.8 Å². The first-order valence-electron chi connectivity index (χ1n) is 8.81. The molecule has 4 rings (SSSR count). The van der Waals surface area contributed by atoms with Crippen molar-refractivity contribution in [2.75, 3.05) is 16.8 Å². The second-order valence-corrected chi connectivity index (χ2v) is 6.47. The topological polar surface area (TPSA) is 45.2 Å². The fourth-order valence-corrected chi connectivity index (χ4v) is 3.29. The summed E-state index contributed by atoms with van der Waals surface area (Å²) < 4.78 is 40.4. The largest absolute Gasteiger partial charge is 0.338 e. The lowest BCUT2D eigenvalue weighted by Crippen LogP contribution is -2.35. The average molecular weight is 383 g/mol. The van der Waals surface area contributed by atoms with Gasteiger partial charge < -0.3 is 10.2 Å². The van der Waals surface area contributed by atoms with E-state index in [-0.39, 0.29) is 17.4 Å². The number of aromatic nitrogens is 1. The second-order valence-electron chi connectivity index (χ2n) is 6.47. The van der Waals surface area contributed by atoms with Crippen LogP contribution in [0.3, 0.4) is 0 Å². The number of anilines is 3. The fraction of sp³-hybridized carbons (Fsp3) is 0.143. The summed E-state index contributed by atoms with van der Waals surface area (Å²) in [5.41, 5.74) is 2.08. The molecule has 0 saturated carbocycles. The summed E-state index contributed by atoms with van der Waals surface area (Å²) in [6.45, 7) is 0.596. The van der Waals surface area contributed by atoms with Crippen molar-refractivity contribution < 1.29 is 18.0 Å². The third kappa shape index (κ3) is 3.31. The van der Waals surface area contributed by atoms with E-state index in [4.69, 9.17) is 0 Å². The molecule has 28 heavy (non-hydrogen) atoms. The van der Waals surface area contributed by atoms with Gasteiger partial charge in [0.1, 0.15) is 5.82 Å². The molecule has 142 valence electrons. The Kier molecular flexibility index (Phi) is 4.73. The Morgan fingerprint density at radius 3 is 2.71 bits per heavy atom. The summed E-state index contributed by atoms with van der Waals surface area (Å²) in [6, 6.07) is 12.6. The van der Waals surface area contributed by atoms with Crippen LogP contribution < -0.4 is 10.2 Å². The van der Waals surface area contributed by atoms with Gasteiger partial charge in [-0.2, -0.15) is 0 Å². The van der Waals surface area contributed by atoms with E-state index >= 15 is 0 Å². The highest BCUT2D eigenvalue weighted by molar-refractivity contribution is 6.07. The number of amides is 1. The van der Waals surface area contributed by atoms with Crippen molar-refractivity contribution in [1.29, 1.82) is 0 Å². The first-order valence-corrected chi connectivity index (χ1v) is 8.81. The number of hydrogen-bond acceptors (Lipinski definition) is 3. The Morgan fingerprint density at radius 1 is 1.04 bits per heavy atom. The molecule has 2 heterocycles. The second kappa shape index (κ2) is 7.34. The van der Waals surface area contributed by atoms with Crippen LogP contribution in [0.25, 0.3) is 0 Å². The molecule has 1 aliphatic rings. The lowest BCUT2D eigenvalue weighted by Gasteiger charge is -2.29. The van der Waals surface area contributed by atoms with Gasteiger partial charge in [-0.25, -0.2) is 18.2 Å². The maximum Gasteiger partial charge on any atom is 0.258 e. The minimum Gasteiger partial charge on any atom is -0.338 e. The number of pyridine rings is 1. The number of aryl methyl sites for hydroxylation is 1. The van der Waals surface area contributed by atoms with E-state index in [1.165, 1.54) is 12.3 Å². The van der Waals surface area contributed by atoms with Gasteiger partial charge in [-0.15, -0.1) is 0 Å². The third-order valence-corrected chi connectivity index (χ3v) is 4.66. The molecule has 0 saturated heterocycles. The number of para-hydroxylation sites is 1. The number of carbonyl (C=O) groups excluding carboxylic acids is 1. The van der Waals surface area contributed by atoms with Crippen molar-refractivity contribution in [3.8, 4) is 0 Å². The van der Waals surface area contributed by atoms with E-state index in [0.29, 0.717) is 12.1 Å². The first kappa shape index (κ1) is 18.0. The van der Waals surface area contributed by atoms with E-state index < -0.39 is 17.5 Å². The predicted molar refractivity (Wildman–Crippen MR) is 100 cm³/mol. The molecule has 1 aliphatic heterocycles. The molecule has 2 aromatic carbocycles. The molecular formula is C21H16F3N3O. The van der Waals surface area contributed by atoms with E-state index in [9.17, 15) is 18.0 Å². The molecule has 1 aromatic heterocycles. The van der Waals surface area contributed by atoms with Crippen LogP contribution >= 0.6 is 0 Å².